The fourth-order valence-electron chi connectivity index (χ4n) is 5.37. The Kier molecular flexibility index (Phi) is 37.0. The summed E-state index contributed by atoms with van der Waals surface area (Å²) in [6.07, 6.45) is 16.3. The van der Waals surface area contributed by atoms with Crippen LogP contribution in [0.5, 0.6) is 17.2 Å². The molecule has 3 unspecified atom stereocenters. The second kappa shape index (κ2) is 33.6. The van der Waals surface area contributed by atoms with Crippen LogP contribution in [0.3, 0.4) is 0 Å². The number of rotatable bonds is 13. The SMILES string of the molecule is CC.CC.CC[C-]=O.Cc1c(O)ccc2c1CCC(C)(CCCC(C)CCCC(C)CCCC(C)C)O2.Cc1ccccc1O.[CH2-]C.[V+2]. The molecule has 1 radical (unpaired) electrons. The Balaban J connectivity index is -0.000000421. The van der Waals surface area contributed by atoms with Gasteiger partial charge in [-0.05, 0) is 93.5 Å². The minimum atomic E-state index is -0.0545. The summed E-state index contributed by atoms with van der Waals surface area (Å²) in [6, 6.07) is 11.0. The van der Waals surface area contributed by atoms with Crippen molar-refractivity contribution in [2.75, 3.05) is 0 Å². The number of aryl methyl sites for hydroxylation is 1. The molecular weight excluding hydrogens is 631 g/mol. The van der Waals surface area contributed by atoms with Crippen molar-refractivity contribution in [3.63, 3.8) is 0 Å². The van der Waals surface area contributed by atoms with Crippen LogP contribution in [0.2, 0.25) is 0 Å². The molecule has 48 heavy (non-hydrogen) atoms. The number of fused-ring (bicyclic) bond motifs is 1. The van der Waals surface area contributed by atoms with Gasteiger partial charge in [-0.3, -0.25) is 6.29 Å². The molecule has 3 atom stereocenters. The van der Waals surface area contributed by atoms with Gasteiger partial charge in [0.15, 0.2) is 0 Å². The minimum Gasteiger partial charge on any atom is -0.542 e. The molecular formula is C43H76O4V. The summed E-state index contributed by atoms with van der Waals surface area (Å²) in [5.41, 5.74) is 3.05. The monoisotopic (exact) mass is 708 g/mol. The Morgan fingerprint density at radius 2 is 1.29 bits per heavy atom. The predicted molar refractivity (Wildman–Crippen MR) is 207 cm³/mol. The van der Waals surface area contributed by atoms with E-state index < -0.39 is 0 Å². The van der Waals surface area contributed by atoms with Crippen molar-refractivity contribution in [3.8, 4) is 17.2 Å². The molecule has 4 nitrogen and oxygen atoms in total. The molecule has 1 aliphatic rings. The van der Waals surface area contributed by atoms with E-state index in [-0.39, 0.29) is 24.2 Å². The van der Waals surface area contributed by atoms with Gasteiger partial charge >= 0.3 is 18.6 Å². The molecule has 277 valence electrons. The Morgan fingerprint density at radius 1 is 0.812 bits per heavy atom. The second-order valence-corrected chi connectivity index (χ2v) is 12.9. The Labute approximate surface area is 311 Å². The first-order valence-electron chi connectivity index (χ1n) is 18.7. The summed E-state index contributed by atoms with van der Waals surface area (Å²) >= 11 is 0. The fraction of sp³-hybridized carbons (Fsp3) is 0.674. The maximum atomic E-state index is 9.92. The third-order valence-corrected chi connectivity index (χ3v) is 8.32. The molecule has 0 aromatic heterocycles. The van der Waals surface area contributed by atoms with Gasteiger partial charge in [-0.15, -0.1) is 0 Å². The van der Waals surface area contributed by atoms with Crippen LogP contribution in [0.15, 0.2) is 36.4 Å². The Bertz CT molecular complexity index is 985. The van der Waals surface area contributed by atoms with Gasteiger partial charge in [-0.2, -0.15) is 13.3 Å². The summed E-state index contributed by atoms with van der Waals surface area (Å²) in [4.78, 5) is 9.05. The van der Waals surface area contributed by atoms with Crippen molar-refractivity contribution >= 4 is 6.29 Å². The van der Waals surface area contributed by atoms with Crippen molar-refractivity contribution in [1.82, 2.24) is 0 Å². The van der Waals surface area contributed by atoms with Crippen molar-refractivity contribution in [1.29, 1.82) is 0 Å². The van der Waals surface area contributed by atoms with E-state index in [0.717, 1.165) is 53.9 Å². The molecule has 0 saturated carbocycles. The van der Waals surface area contributed by atoms with E-state index in [1.807, 2.05) is 65.8 Å². The topological polar surface area (TPSA) is 66.8 Å². The number of para-hydroxylation sites is 1. The van der Waals surface area contributed by atoms with Gasteiger partial charge in [0.2, 0.25) is 0 Å². The number of hydrogen-bond acceptors (Lipinski definition) is 4. The molecule has 2 N–H and O–H groups in total. The van der Waals surface area contributed by atoms with E-state index in [1.54, 1.807) is 32.3 Å². The van der Waals surface area contributed by atoms with Gasteiger partial charge in [0.05, 0.1) is 0 Å². The zero-order valence-corrected chi connectivity index (χ0v) is 34.9. The van der Waals surface area contributed by atoms with Crippen molar-refractivity contribution < 1.29 is 38.3 Å². The summed E-state index contributed by atoms with van der Waals surface area (Å²) in [5.74, 6) is 4.29. The van der Waals surface area contributed by atoms with Crippen molar-refractivity contribution in [2.45, 2.75) is 173 Å². The first-order valence-corrected chi connectivity index (χ1v) is 18.7. The number of carbonyl (C=O) groups excluding carboxylic acids is 1. The molecule has 5 heteroatoms. The normalized spacial score (nSPS) is 15.1. The van der Waals surface area contributed by atoms with Crippen molar-refractivity contribution in [2.24, 2.45) is 17.8 Å². The molecule has 1 heterocycles. The molecule has 0 fully saturated rings. The zero-order valence-electron chi connectivity index (χ0n) is 33.5. The number of ether oxygens (including phenoxy) is 1. The molecule has 2 aromatic carbocycles. The Morgan fingerprint density at radius 3 is 1.73 bits per heavy atom. The number of aromatic hydroxyl groups is 2. The molecule has 0 aliphatic carbocycles. The first kappa shape index (κ1) is 52.9. The van der Waals surface area contributed by atoms with E-state index in [0.29, 0.717) is 17.9 Å². The largest absolute Gasteiger partial charge is 2.00 e. The molecule has 1 aliphatic heterocycles. The van der Waals surface area contributed by atoms with E-state index in [4.69, 9.17) is 14.6 Å². The average molecular weight is 708 g/mol. The van der Waals surface area contributed by atoms with Crippen LogP contribution in [-0.2, 0) is 29.8 Å². The van der Waals surface area contributed by atoms with Gasteiger partial charge < -0.3 is 26.7 Å². The molecule has 0 bridgehead atoms. The summed E-state index contributed by atoms with van der Waals surface area (Å²) in [7, 11) is 0. The summed E-state index contributed by atoms with van der Waals surface area (Å²) in [5, 5.41) is 18.8. The summed E-state index contributed by atoms with van der Waals surface area (Å²) < 4.78 is 6.39. The van der Waals surface area contributed by atoms with E-state index in [9.17, 15) is 5.11 Å². The van der Waals surface area contributed by atoms with Gasteiger partial charge in [0.25, 0.3) is 0 Å². The molecule has 0 amide bonds. The zero-order chi connectivity index (χ0) is 36.8. The third kappa shape index (κ3) is 25.1. The fourth-order valence-corrected chi connectivity index (χ4v) is 5.37. The van der Waals surface area contributed by atoms with Gasteiger partial charge in [-0.1, -0.05) is 125 Å². The van der Waals surface area contributed by atoms with Crippen LogP contribution in [0.25, 0.3) is 0 Å². The van der Waals surface area contributed by atoms with E-state index in [1.165, 1.54) is 56.9 Å². The average Bonchev–Trinajstić information content (AvgIpc) is 3.07. The van der Waals surface area contributed by atoms with Crippen LogP contribution < -0.4 is 4.74 Å². The number of benzene rings is 2. The molecule has 0 spiro atoms. The molecule has 0 saturated heterocycles. The minimum absolute atomic E-state index is 0. The van der Waals surface area contributed by atoms with Crippen LogP contribution in [0.4, 0.5) is 0 Å². The predicted octanol–water partition coefficient (Wildman–Crippen LogP) is 13.3. The van der Waals surface area contributed by atoms with E-state index >= 15 is 0 Å². The number of phenols is 2. The van der Waals surface area contributed by atoms with Crippen LogP contribution in [0.1, 0.15) is 163 Å². The second-order valence-electron chi connectivity index (χ2n) is 12.9. The smallest absolute Gasteiger partial charge is 0.542 e. The van der Waals surface area contributed by atoms with E-state index in [2.05, 4.69) is 41.5 Å². The quantitative estimate of drug-likeness (QED) is 0.203. The van der Waals surface area contributed by atoms with Crippen molar-refractivity contribution in [3.05, 3.63) is 60.0 Å². The maximum Gasteiger partial charge on any atom is 2.00 e. The maximum absolute atomic E-state index is 9.92. The van der Waals surface area contributed by atoms with Crippen LogP contribution in [0, 0.1) is 38.5 Å². The van der Waals surface area contributed by atoms with Crippen LogP contribution >= 0.6 is 0 Å². The number of phenolic OH excluding ortho intramolecular Hbond substituents is 2. The number of hydrogen-bond donors (Lipinski definition) is 2. The standard InChI is InChI=1S/C27H46O2.C7H8O.C3H5O.2C2H6.C2H5.V/c1-20(2)10-7-11-21(3)12-8-13-22(4)14-9-18-27(6)19-17-24-23(5)25(28)15-16-26(24)29-27;1-6-4-2-3-5-7(6)8;1-2-3-4;3*1-2;/h15-16,20-22,28H,7-14,17-19H2,1-6H3;2-5,8H,1H3;2H2,1H3;2*1-2H3;1H2,2H3;/q;;-1;;;-1;+2. The third-order valence-electron chi connectivity index (χ3n) is 8.32. The Hall–Kier alpha value is -1.91. The molecule has 3 rings (SSSR count). The van der Waals surface area contributed by atoms with Gasteiger partial charge in [0.1, 0.15) is 22.8 Å². The van der Waals surface area contributed by atoms with Gasteiger partial charge in [-0.25, -0.2) is 0 Å². The molecule has 2 aromatic rings. The van der Waals surface area contributed by atoms with Gasteiger partial charge in [0, 0.05) is 5.56 Å². The first-order chi connectivity index (χ1) is 22.4. The summed E-state index contributed by atoms with van der Waals surface area (Å²) in [6.45, 7) is 30.4. The van der Waals surface area contributed by atoms with Crippen LogP contribution in [-0.4, -0.2) is 22.1 Å².